The molecule has 1 unspecified atom stereocenters. The fraction of sp³-hybridized carbons (Fsp3) is 0.250. The highest BCUT2D eigenvalue weighted by molar-refractivity contribution is 7.10. The van der Waals surface area contributed by atoms with Crippen molar-refractivity contribution in [1.82, 2.24) is 0 Å². The second kappa shape index (κ2) is 4.76. The predicted octanol–water partition coefficient (Wildman–Crippen LogP) is 2.63. The van der Waals surface area contributed by atoms with Crippen LogP contribution in [0.25, 0.3) is 11.0 Å². The summed E-state index contributed by atoms with van der Waals surface area (Å²) in [5, 5.41) is 0.882. The Hall–Kier alpha value is -1.54. The molecule has 0 spiro atoms. The van der Waals surface area contributed by atoms with E-state index < -0.39 is 0 Å². The number of furan rings is 1. The maximum absolute atomic E-state index is 11.3. The number of aryl methyl sites for hydroxylation is 1. The molecule has 2 rings (SSSR count). The number of ether oxygens (including phenoxy) is 1. The van der Waals surface area contributed by atoms with Crippen LogP contribution in [-0.4, -0.2) is 13.1 Å². The minimum absolute atomic E-state index is 0.204. The van der Waals surface area contributed by atoms with Gasteiger partial charge in [-0.25, -0.2) is 0 Å². The van der Waals surface area contributed by atoms with Gasteiger partial charge < -0.3 is 13.7 Å². The molecular weight excluding hydrogens is 239 g/mol. The summed E-state index contributed by atoms with van der Waals surface area (Å²) in [5.74, 6) is 1.06. The summed E-state index contributed by atoms with van der Waals surface area (Å²) in [7, 11) is 3.56. The number of methoxy groups -OCH3 is 1. The summed E-state index contributed by atoms with van der Waals surface area (Å²) >= 11 is 0. The molecule has 0 aliphatic carbocycles. The topological polar surface area (TPSA) is 48.7 Å². The van der Waals surface area contributed by atoms with Gasteiger partial charge in [0.25, 0.3) is 0 Å². The van der Waals surface area contributed by atoms with Crippen LogP contribution in [-0.2, 0) is 16.0 Å². The number of esters is 1. The first-order chi connectivity index (χ1) is 8.17. The van der Waals surface area contributed by atoms with E-state index in [0.717, 1.165) is 10.9 Å². The van der Waals surface area contributed by atoms with E-state index in [1.165, 1.54) is 7.11 Å². The van der Waals surface area contributed by atoms with Crippen LogP contribution in [0, 0.1) is 6.92 Å². The van der Waals surface area contributed by atoms with Crippen LogP contribution in [0.15, 0.2) is 22.6 Å². The number of rotatable bonds is 3. The standard InChI is InChI=1S/C12H13O4P/c1-7-9(6-11(13)14-2)8-4-3-5-10(16-17)12(8)15-7/h3-5H,6,17H2,1-2H3. The van der Waals surface area contributed by atoms with Gasteiger partial charge in [0.2, 0.25) is 0 Å². The Labute approximate surface area is 101 Å². The summed E-state index contributed by atoms with van der Waals surface area (Å²) in [4.78, 5) is 11.3. The van der Waals surface area contributed by atoms with E-state index in [1.807, 2.05) is 19.1 Å². The first-order valence-corrected chi connectivity index (χ1v) is 5.59. The van der Waals surface area contributed by atoms with Gasteiger partial charge in [0.1, 0.15) is 5.76 Å². The zero-order valence-electron chi connectivity index (χ0n) is 9.65. The van der Waals surface area contributed by atoms with E-state index in [2.05, 4.69) is 14.2 Å². The summed E-state index contributed by atoms with van der Waals surface area (Å²) in [6, 6.07) is 5.56. The summed E-state index contributed by atoms with van der Waals surface area (Å²) in [5.41, 5.74) is 1.50. The highest BCUT2D eigenvalue weighted by Gasteiger charge is 2.16. The van der Waals surface area contributed by atoms with Crippen LogP contribution in [0.2, 0.25) is 0 Å². The van der Waals surface area contributed by atoms with E-state index in [1.54, 1.807) is 6.07 Å². The molecule has 0 fully saturated rings. The molecule has 0 N–H and O–H groups in total. The average Bonchev–Trinajstić information content (AvgIpc) is 2.66. The van der Waals surface area contributed by atoms with Gasteiger partial charge in [0.05, 0.1) is 23.0 Å². The molecule has 0 aliphatic rings. The van der Waals surface area contributed by atoms with Crippen molar-refractivity contribution in [3.63, 3.8) is 0 Å². The first kappa shape index (κ1) is 11.9. The van der Waals surface area contributed by atoms with Crippen LogP contribution in [0.1, 0.15) is 11.3 Å². The third-order valence-corrected chi connectivity index (χ3v) is 2.91. The maximum Gasteiger partial charge on any atom is 0.310 e. The molecule has 4 nitrogen and oxygen atoms in total. The van der Waals surface area contributed by atoms with Crippen molar-refractivity contribution in [2.45, 2.75) is 13.3 Å². The lowest BCUT2D eigenvalue weighted by atomic mass is 10.1. The largest absolute Gasteiger partial charge is 0.476 e. The van der Waals surface area contributed by atoms with E-state index in [-0.39, 0.29) is 12.4 Å². The van der Waals surface area contributed by atoms with Crippen molar-refractivity contribution in [2.24, 2.45) is 0 Å². The van der Waals surface area contributed by atoms with Crippen LogP contribution < -0.4 is 4.52 Å². The number of carbonyl (C=O) groups excluding carboxylic acids is 1. The lowest BCUT2D eigenvalue weighted by Crippen LogP contribution is -2.04. The molecular formula is C12H13O4P. The van der Waals surface area contributed by atoms with Crippen molar-refractivity contribution >= 4 is 26.4 Å². The predicted molar refractivity (Wildman–Crippen MR) is 67.0 cm³/mol. The molecule has 1 aromatic heterocycles. The monoisotopic (exact) mass is 252 g/mol. The molecule has 1 heterocycles. The second-order valence-electron chi connectivity index (χ2n) is 3.64. The van der Waals surface area contributed by atoms with Crippen molar-refractivity contribution in [1.29, 1.82) is 0 Å². The normalized spacial score (nSPS) is 10.5. The Morgan fingerprint density at radius 3 is 2.88 bits per heavy atom. The molecule has 1 atom stereocenters. The van der Waals surface area contributed by atoms with Crippen LogP contribution in [0.3, 0.4) is 0 Å². The molecule has 0 bridgehead atoms. The average molecular weight is 252 g/mol. The Morgan fingerprint density at radius 2 is 2.24 bits per heavy atom. The van der Waals surface area contributed by atoms with Gasteiger partial charge >= 0.3 is 5.97 Å². The molecule has 17 heavy (non-hydrogen) atoms. The number of para-hydroxylation sites is 1. The van der Waals surface area contributed by atoms with Crippen molar-refractivity contribution in [3.05, 3.63) is 29.5 Å². The summed E-state index contributed by atoms with van der Waals surface area (Å²) < 4.78 is 15.4. The minimum atomic E-state index is -0.284. The van der Waals surface area contributed by atoms with E-state index >= 15 is 0 Å². The van der Waals surface area contributed by atoms with Crippen LogP contribution in [0.4, 0.5) is 0 Å². The number of hydrogen-bond acceptors (Lipinski definition) is 4. The zero-order valence-corrected chi connectivity index (χ0v) is 10.8. The van der Waals surface area contributed by atoms with E-state index in [4.69, 9.17) is 8.94 Å². The molecule has 0 saturated heterocycles. The van der Waals surface area contributed by atoms with E-state index in [9.17, 15) is 4.79 Å². The molecule has 2 aromatic rings. The number of carbonyl (C=O) groups is 1. The molecule has 0 aliphatic heterocycles. The van der Waals surface area contributed by atoms with Gasteiger partial charge in [-0.2, -0.15) is 0 Å². The van der Waals surface area contributed by atoms with Gasteiger partial charge in [-0.3, -0.25) is 4.79 Å². The fourth-order valence-corrected chi connectivity index (χ4v) is 1.98. The van der Waals surface area contributed by atoms with Crippen molar-refractivity contribution in [2.75, 3.05) is 7.11 Å². The second-order valence-corrected chi connectivity index (χ2v) is 3.88. The highest BCUT2D eigenvalue weighted by Crippen LogP contribution is 2.33. The summed E-state index contributed by atoms with van der Waals surface area (Å²) in [6.45, 7) is 1.82. The zero-order chi connectivity index (χ0) is 12.4. The van der Waals surface area contributed by atoms with Gasteiger partial charge in [-0.1, -0.05) is 12.1 Å². The number of hydrogen-bond donors (Lipinski definition) is 0. The third kappa shape index (κ3) is 2.13. The molecule has 0 radical (unpaired) electrons. The van der Waals surface area contributed by atoms with Crippen LogP contribution >= 0.6 is 9.47 Å². The fourth-order valence-electron chi connectivity index (χ4n) is 1.79. The molecule has 90 valence electrons. The Bertz CT molecular complexity index is 559. The lowest BCUT2D eigenvalue weighted by Gasteiger charge is -2.00. The Morgan fingerprint density at radius 1 is 1.47 bits per heavy atom. The lowest BCUT2D eigenvalue weighted by molar-refractivity contribution is -0.139. The number of fused-ring (bicyclic) bond motifs is 1. The Kier molecular flexibility index (Phi) is 3.34. The Balaban J connectivity index is 2.56. The SMILES string of the molecule is COC(=O)Cc1c(C)oc2c(OP)cccc12. The van der Waals surface area contributed by atoms with Crippen molar-refractivity contribution in [3.8, 4) is 5.75 Å². The summed E-state index contributed by atoms with van der Waals surface area (Å²) in [6.07, 6.45) is 0.204. The van der Waals surface area contributed by atoms with Gasteiger partial charge in [0.15, 0.2) is 11.3 Å². The van der Waals surface area contributed by atoms with Crippen LogP contribution in [0.5, 0.6) is 5.75 Å². The number of benzene rings is 1. The minimum Gasteiger partial charge on any atom is -0.476 e. The molecule has 0 saturated carbocycles. The third-order valence-electron chi connectivity index (χ3n) is 2.66. The smallest absolute Gasteiger partial charge is 0.310 e. The molecule has 1 aromatic carbocycles. The molecule has 0 amide bonds. The highest BCUT2D eigenvalue weighted by atomic mass is 31.0. The van der Waals surface area contributed by atoms with Gasteiger partial charge in [-0.05, 0) is 13.0 Å². The first-order valence-electron chi connectivity index (χ1n) is 5.12. The van der Waals surface area contributed by atoms with Crippen molar-refractivity contribution < 1.29 is 18.5 Å². The quantitative estimate of drug-likeness (QED) is 0.622. The van der Waals surface area contributed by atoms with E-state index in [0.29, 0.717) is 17.1 Å². The molecule has 5 heteroatoms. The van der Waals surface area contributed by atoms with Gasteiger partial charge in [0, 0.05) is 10.9 Å². The maximum atomic E-state index is 11.3. The van der Waals surface area contributed by atoms with Gasteiger partial charge in [-0.15, -0.1) is 0 Å².